The highest BCUT2D eigenvalue weighted by Gasteiger charge is 2.28. The minimum absolute atomic E-state index is 0.165. The predicted molar refractivity (Wildman–Crippen MR) is 107 cm³/mol. The number of hydrogen-bond acceptors (Lipinski definition) is 4. The van der Waals surface area contributed by atoms with Gasteiger partial charge in [0.2, 0.25) is 0 Å². The van der Waals surface area contributed by atoms with E-state index >= 15 is 0 Å². The summed E-state index contributed by atoms with van der Waals surface area (Å²) in [5, 5.41) is 8.06. The summed E-state index contributed by atoms with van der Waals surface area (Å²) in [7, 11) is -3.87. The molecule has 8 heteroatoms. The van der Waals surface area contributed by atoms with E-state index in [0.29, 0.717) is 24.4 Å². The van der Waals surface area contributed by atoms with Gasteiger partial charge in [0.25, 0.3) is 10.0 Å². The highest BCUT2D eigenvalue weighted by Crippen LogP contribution is 2.34. The second-order valence-electron chi connectivity index (χ2n) is 6.35. The first-order chi connectivity index (χ1) is 13.5. The van der Waals surface area contributed by atoms with E-state index in [-0.39, 0.29) is 17.1 Å². The Balaban J connectivity index is 2.20. The van der Waals surface area contributed by atoms with Crippen LogP contribution in [-0.2, 0) is 16.6 Å². The van der Waals surface area contributed by atoms with Crippen LogP contribution >= 0.6 is 0 Å². The molecule has 0 unspecified atom stereocenters. The number of anilines is 1. The van der Waals surface area contributed by atoms with Crippen LogP contribution in [-0.4, -0.2) is 29.7 Å². The molecule has 3 rings (SSSR count). The van der Waals surface area contributed by atoms with Crippen LogP contribution in [0.25, 0.3) is 11.4 Å². The van der Waals surface area contributed by atoms with Crippen molar-refractivity contribution >= 4 is 15.7 Å². The van der Waals surface area contributed by atoms with Gasteiger partial charge >= 0.3 is 0 Å². The van der Waals surface area contributed by atoms with E-state index in [4.69, 9.17) is 0 Å². The molecule has 0 saturated heterocycles. The molecule has 0 aliphatic carbocycles. The fourth-order valence-corrected chi connectivity index (χ4v) is 4.52. The Labute approximate surface area is 164 Å². The quantitative estimate of drug-likeness (QED) is 0.569. The smallest absolute Gasteiger partial charge is 0.264 e. The topological polar surface area (TPSA) is 68.1 Å². The van der Waals surface area contributed by atoms with Crippen LogP contribution in [0.4, 0.5) is 10.1 Å². The van der Waals surface area contributed by atoms with Gasteiger partial charge in [-0.3, -0.25) is 4.31 Å². The number of aryl methyl sites for hydroxylation is 1. The molecule has 1 aromatic heterocycles. The molecule has 0 amide bonds. The molecule has 0 saturated carbocycles. The minimum Gasteiger partial charge on any atom is -0.314 e. The van der Waals surface area contributed by atoms with Crippen molar-refractivity contribution in [1.29, 1.82) is 0 Å². The second kappa shape index (κ2) is 8.52. The zero-order chi connectivity index (χ0) is 20.1. The molecule has 0 bridgehead atoms. The van der Waals surface area contributed by atoms with Crippen LogP contribution in [0.15, 0.2) is 59.8 Å². The Morgan fingerprint density at radius 3 is 2.54 bits per heavy atom. The van der Waals surface area contributed by atoms with Crippen LogP contribution in [0.3, 0.4) is 0 Å². The maximum absolute atomic E-state index is 14.2. The van der Waals surface area contributed by atoms with E-state index in [1.165, 1.54) is 16.4 Å². The number of unbranched alkanes of at least 4 members (excludes halogenated alkanes) is 1. The van der Waals surface area contributed by atoms with Gasteiger partial charge < -0.3 is 4.57 Å². The number of nitrogens with zero attached hydrogens (tertiary/aromatic N) is 4. The van der Waals surface area contributed by atoms with Crippen LogP contribution in [0, 0.1) is 5.82 Å². The average Bonchev–Trinajstić information content (AvgIpc) is 3.17. The zero-order valence-corrected chi connectivity index (χ0v) is 16.7. The molecule has 0 atom stereocenters. The summed E-state index contributed by atoms with van der Waals surface area (Å²) < 4.78 is 44.0. The number of hydrogen-bond donors (Lipinski definition) is 0. The number of halogens is 1. The van der Waals surface area contributed by atoms with Crippen molar-refractivity contribution in [1.82, 2.24) is 14.8 Å². The normalized spacial score (nSPS) is 11.5. The molecule has 2 aromatic carbocycles. The summed E-state index contributed by atoms with van der Waals surface area (Å²) in [4.78, 5) is 0.165. The van der Waals surface area contributed by atoms with Crippen LogP contribution in [0.1, 0.15) is 26.7 Å². The standard InChI is InChI=1S/C20H23FN4O2S/c1-3-5-13-25(28(26,27)17-9-7-6-8-10-17)19-14-16(21)11-12-18(19)20-23-22-15-24(20)4-2/h6-12,14-15H,3-5,13H2,1-2H3. The molecule has 6 nitrogen and oxygen atoms in total. The lowest BCUT2D eigenvalue weighted by molar-refractivity contribution is 0.588. The van der Waals surface area contributed by atoms with Gasteiger partial charge in [-0.2, -0.15) is 0 Å². The number of rotatable bonds is 8. The summed E-state index contributed by atoms with van der Waals surface area (Å²) in [5.74, 6) is -0.00617. The fraction of sp³-hybridized carbons (Fsp3) is 0.300. The Morgan fingerprint density at radius 2 is 1.86 bits per heavy atom. The van der Waals surface area contributed by atoms with Crippen LogP contribution < -0.4 is 4.31 Å². The number of benzene rings is 2. The molecule has 0 aliphatic heterocycles. The van der Waals surface area contributed by atoms with Gasteiger partial charge in [0, 0.05) is 18.7 Å². The monoisotopic (exact) mass is 402 g/mol. The molecule has 0 N–H and O–H groups in total. The van der Waals surface area contributed by atoms with Crippen molar-refractivity contribution in [3.05, 3.63) is 60.7 Å². The van der Waals surface area contributed by atoms with Crippen LogP contribution in [0.2, 0.25) is 0 Å². The van der Waals surface area contributed by atoms with Crippen molar-refractivity contribution in [3.8, 4) is 11.4 Å². The lowest BCUT2D eigenvalue weighted by atomic mass is 10.1. The Kier molecular flexibility index (Phi) is 6.08. The molecule has 0 fully saturated rings. The third kappa shape index (κ3) is 3.91. The summed E-state index contributed by atoms with van der Waals surface area (Å²) >= 11 is 0. The first-order valence-corrected chi connectivity index (χ1v) is 10.7. The van der Waals surface area contributed by atoms with Crippen molar-refractivity contribution in [2.24, 2.45) is 0 Å². The lowest BCUT2D eigenvalue weighted by Crippen LogP contribution is -2.32. The van der Waals surface area contributed by atoms with Crippen molar-refractivity contribution in [2.45, 2.75) is 38.1 Å². The van der Waals surface area contributed by atoms with Crippen molar-refractivity contribution in [3.63, 3.8) is 0 Å². The first kappa shape index (κ1) is 20.0. The molecule has 1 heterocycles. The molecule has 0 aliphatic rings. The Morgan fingerprint density at radius 1 is 1.11 bits per heavy atom. The van der Waals surface area contributed by atoms with E-state index in [2.05, 4.69) is 10.2 Å². The SMILES string of the molecule is CCCCN(c1cc(F)ccc1-c1nncn1CC)S(=O)(=O)c1ccccc1. The molecule has 3 aromatic rings. The lowest BCUT2D eigenvalue weighted by Gasteiger charge is -2.26. The van der Waals surface area contributed by atoms with Crippen molar-refractivity contribution < 1.29 is 12.8 Å². The third-order valence-corrected chi connectivity index (χ3v) is 6.30. The van der Waals surface area contributed by atoms with Gasteiger partial charge in [-0.1, -0.05) is 31.5 Å². The molecule has 28 heavy (non-hydrogen) atoms. The summed E-state index contributed by atoms with van der Waals surface area (Å²) in [6.45, 7) is 4.77. The van der Waals surface area contributed by atoms with E-state index < -0.39 is 15.8 Å². The van der Waals surface area contributed by atoms with E-state index in [1.807, 2.05) is 13.8 Å². The van der Waals surface area contributed by atoms with Gasteiger partial charge in [0.05, 0.1) is 10.6 Å². The van der Waals surface area contributed by atoms with E-state index in [1.54, 1.807) is 47.3 Å². The van der Waals surface area contributed by atoms with E-state index in [9.17, 15) is 12.8 Å². The highest BCUT2D eigenvalue weighted by atomic mass is 32.2. The van der Waals surface area contributed by atoms with Gasteiger partial charge in [0.1, 0.15) is 12.1 Å². The minimum atomic E-state index is -3.87. The predicted octanol–water partition coefficient (Wildman–Crippen LogP) is 4.10. The first-order valence-electron chi connectivity index (χ1n) is 9.24. The largest absolute Gasteiger partial charge is 0.314 e. The Hall–Kier alpha value is -2.74. The molecule has 148 valence electrons. The summed E-state index contributed by atoms with van der Waals surface area (Å²) in [6, 6.07) is 12.3. The molecular weight excluding hydrogens is 379 g/mol. The zero-order valence-electron chi connectivity index (χ0n) is 15.9. The summed E-state index contributed by atoms with van der Waals surface area (Å²) in [6.07, 6.45) is 3.02. The molecular formula is C20H23FN4O2S. The Bertz CT molecular complexity index is 1040. The van der Waals surface area contributed by atoms with Gasteiger partial charge in [0.15, 0.2) is 5.82 Å². The fourth-order valence-electron chi connectivity index (χ4n) is 2.99. The molecule has 0 radical (unpaired) electrons. The average molecular weight is 402 g/mol. The molecule has 0 spiro atoms. The van der Waals surface area contributed by atoms with Gasteiger partial charge in [-0.15, -0.1) is 10.2 Å². The third-order valence-electron chi connectivity index (χ3n) is 4.47. The van der Waals surface area contributed by atoms with E-state index in [0.717, 1.165) is 6.42 Å². The highest BCUT2D eigenvalue weighted by molar-refractivity contribution is 7.92. The second-order valence-corrected chi connectivity index (χ2v) is 8.21. The number of sulfonamides is 1. The van der Waals surface area contributed by atoms with Crippen molar-refractivity contribution in [2.75, 3.05) is 10.8 Å². The van der Waals surface area contributed by atoms with Crippen LogP contribution in [0.5, 0.6) is 0 Å². The maximum atomic E-state index is 14.2. The summed E-state index contributed by atoms with van der Waals surface area (Å²) in [5.41, 5.74) is 0.788. The van der Waals surface area contributed by atoms with Gasteiger partial charge in [-0.25, -0.2) is 12.8 Å². The van der Waals surface area contributed by atoms with Gasteiger partial charge in [-0.05, 0) is 43.7 Å². The maximum Gasteiger partial charge on any atom is 0.264 e. The number of aromatic nitrogens is 3.